The summed E-state index contributed by atoms with van der Waals surface area (Å²) >= 11 is 0. The van der Waals surface area contributed by atoms with Gasteiger partial charge in [-0.15, -0.1) is 0 Å². The van der Waals surface area contributed by atoms with Crippen LogP contribution >= 0.6 is 0 Å². The number of anilines is 1. The fraction of sp³-hybridized carbons (Fsp3) is 0.381. The summed E-state index contributed by atoms with van der Waals surface area (Å²) in [7, 11) is 1.03. The second-order valence-electron chi connectivity index (χ2n) is 7.46. The van der Waals surface area contributed by atoms with Crippen molar-refractivity contribution in [3.8, 4) is 5.75 Å². The van der Waals surface area contributed by atoms with Crippen LogP contribution < -0.4 is 15.8 Å². The quantitative estimate of drug-likeness (QED) is 0.623. The Morgan fingerprint density at radius 2 is 2.00 bits per heavy atom. The SMILES string of the molecule is CC[C@@]1(C(F)(F)F)C[C@H](c2ccc(F)c(F)c2OC)[C@@H](C(=O)Nc2ccnc(C(N)=O)c2)O1. The van der Waals surface area contributed by atoms with Crippen LogP contribution in [-0.4, -0.2) is 41.8 Å². The number of halogens is 5. The zero-order chi connectivity index (χ0) is 24.6. The maximum absolute atomic E-state index is 14.3. The molecule has 1 aromatic carbocycles. The van der Waals surface area contributed by atoms with E-state index in [1.807, 2.05) is 0 Å². The van der Waals surface area contributed by atoms with Crippen molar-refractivity contribution in [2.45, 2.75) is 43.6 Å². The molecule has 178 valence electrons. The Labute approximate surface area is 185 Å². The number of alkyl halides is 3. The van der Waals surface area contributed by atoms with Crippen LogP contribution in [-0.2, 0) is 9.53 Å². The van der Waals surface area contributed by atoms with E-state index in [2.05, 4.69) is 10.3 Å². The van der Waals surface area contributed by atoms with Crippen molar-refractivity contribution in [2.24, 2.45) is 5.73 Å². The van der Waals surface area contributed by atoms with Gasteiger partial charge in [-0.3, -0.25) is 14.6 Å². The van der Waals surface area contributed by atoms with Gasteiger partial charge in [0.1, 0.15) is 11.8 Å². The van der Waals surface area contributed by atoms with Crippen LogP contribution in [0.4, 0.5) is 27.6 Å². The topological polar surface area (TPSA) is 104 Å². The third-order valence-electron chi connectivity index (χ3n) is 5.58. The Morgan fingerprint density at radius 1 is 1.30 bits per heavy atom. The van der Waals surface area contributed by atoms with E-state index in [0.29, 0.717) is 0 Å². The van der Waals surface area contributed by atoms with Crippen LogP contribution in [0.5, 0.6) is 5.75 Å². The molecule has 0 radical (unpaired) electrons. The number of nitrogens with zero attached hydrogens (tertiary/aromatic N) is 1. The van der Waals surface area contributed by atoms with E-state index in [-0.39, 0.29) is 16.9 Å². The molecular weight excluding hydrogens is 453 g/mol. The first kappa shape index (κ1) is 24.4. The average molecular weight is 473 g/mol. The van der Waals surface area contributed by atoms with Crippen LogP contribution in [0.1, 0.15) is 41.7 Å². The summed E-state index contributed by atoms with van der Waals surface area (Å²) in [5, 5.41) is 2.37. The number of ether oxygens (including phenoxy) is 2. The average Bonchev–Trinajstić information content (AvgIpc) is 3.17. The summed E-state index contributed by atoms with van der Waals surface area (Å²) < 4.78 is 80.1. The smallest absolute Gasteiger partial charge is 0.417 e. The normalized spacial score (nSPS) is 22.8. The number of methoxy groups -OCH3 is 1. The van der Waals surface area contributed by atoms with Gasteiger partial charge in [-0.1, -0.05) is 13.0 Å². The van der Waals surface area contributed by atoms with Gasteiger partial charge in [0.2, 0.25) is 5.82 Å². The highest BCUT2D eigenvalue weighted by atomic mass is 19.4. The molecule has 1 aliphatic rings. The molecular formula is C21H20F5N3O4. The number of hydrogen-bond donors (Lipinski definition) is 2. The molecule has 0 saturated carbocycles. The number of hydrogen-bond acceptors (Lipinski definition) is 5. The molecule has 2 amide bonds. The third-order valence-corrected chi connectivity index (χ3v) is 5.58. The number of pyridine rings is 1. The van der Waals surface area contributed by atoms with Crippen LogP contribution in [0.25, 0.3) is 0 Å². The first-order chi connectivity index (χ1) is 15.4. The molecule has 1 fully saturated rings. The largest absolute Gasteiger partial charge is 0.493 e. The van der Waals surface area contributed by atoms with Crippen molar-refractivity contribution in [1.29, 1.82) is 0 Å². The van der Waals surface area contributed by atoms with Gasteiger partial charge in [-0.05, 0) is 31.0 Å². The van der Waals surface area contributed by atoms with Crippen molar-refractivity contribution >= 4 is 17.5 Å². The Kier molecular flexibility index (Phi) is 6.59. The van der Waals surface area contributed by atoms with Crippen molar-refractivity contribution < 1.29 is 41.0 Å². The third kappa shape index (κ3) is 4.47. The second kappa shape index (κ2) is 8.93. The van der Waals surface area contributed by atoms with Crippen LogP contribution in [0.2, 0.25) is 0 Å². The van der Waals surface area contributed by atoms with Crippen LogP contribution in [0.3, 0.4) is 0 Å². The highest BCUT2D eigenvalue weighted by Gasteiger charge is 2.63. The zero-order valence-corrected chi connectivity index (χ0v) is 17.5. The number of amides is 2. The maximum atomic E-state index is 14.3. The lowest BCUT2D eigenvalue weighted by atomic mass is 9.84. The molecule has 0 aliphatic carbocycles. The fourth-order valence-corrected chi connectivity index (χ4v) is 3.86. The molecule has 7 nitrogen and oxygen atoms in total. The molecule has 3 rings (SSSR count). The molecule has 3 N–H and O–H groups in total. The van der Waals surface area contributed by atoms with Crippen molar-refractivity contribution in [3.63, 3.8) is 0 Å². The van der Waals surface area contributed by atoms with Gasteiger partial charge < -0.3 is 20.5 Å². The molecule has 2 heterocycles. The maximum Gasteiger partial charge on any atom is 0.417 e. The molecule has 1 saturated heterocycles. The van der Waals surface area contributed by atoms with Gasteiger partial charge in [0, 0.05) is 23.4 Å². The number of carbonyl (C=O) groups is 2. The predicted molar refractivity (Wildman–Crippen MR) is 106 cm³/mol. The number of primary amides is 1. The van der Waals surface area contributed by atoms with E-state index in [0.717, 1.165) is 25.3 Å². The molecule has 33 heavy (non-hydrogen) atoms. The van der Waals surface area contributed by atoms with Crippen LogP contribution in [0, 0.1) is 11.6 Å². The van der Waals surface area contributed by atoms with E-state index in [1.54, 1.807) is 0 Å². The number of benzene rings is 1. The number of carbonyl (C=O) groups excluding carboxylic acids is 2. The van der Waals surface area contributed by atoms with Crippen molar-refractivity contribution in [2.75, 3.05) is 12.4 Å². The summed E-state index contributed by atoms with van der Waals surface area (Å²) in [6, 6.07) is 4.23. The lowest BCUT2D eigenvalue weighted by Gasteiger charge is -2.30. The van der Waals surface area contributed by atoms with Crippen molar-refractivity contribution in [1.82, 2.24) is 4.98 Å². The Morgan fingerprint density at radius 3 is 2.58 bits per heavy atom. The van der Waals surface area contributed by atoms with Crippen LogP contribution in [0.15, 0.2) is 30.5 Å². The van der Waals surface area contributed by atoms with Crippen molar-refractivity contribution in [3.05, 3.63) is 53.4 Å². The molecule has 0 unspecified atom stereocenters. The summed E-state index contributed by atoms with van der Waals surface area (Å²) in [4.78, 5) is 28.0. The summed E-state index contributed by atoms with van der Waals surface area (Å²) in [6.07, 6.45) is -6.67. The summed E-state index contributed by atoms with van der Waals surface area (Å²) in [5.41, 5.74) is 2.15. The minimum atomic E-state index is -4.85. The summed E-state index contributed by atoms with van der Waals surface area (Å²) in [6.45, 7) is 1.25. The van der Waals surface area contributed by atoms with E-state index in [1.165, 1.54) is 19.2 Å². The first-order valence-electron chi connectivity index (χ1n) is 9.77. The lowest BCUT2D eigenvalue weighted by molar-refractivity contribution is -0.270. The molecule has 0 bridgehead atoms. The van der Waals surface area contributed by atoms with Gasteiger partial charge in [0.15, 0.2) is 17.2 Å². The lowest BCUT2D eigenvalue weighted by Crippen LogP contribution is -2.45. The Hall–Kier alpha value is -3.28. The minimum absolute atomic E-state index is 0.0319. The van der Waals surface area contributed by atoms with E-state index in [9.17, 15) is 31.5 Å². The molecule has 12 heteroatoms. The highest BCUT2D eigenvalue weighted by Crippen LogP contribution is 2.53. The summed E-state index contributed by atoms with van der Waals surface area (Å²) in [5.74, 6) is -6.47. The van der Waals surface area contributed by atoms with Gasteiger partial charge >= 0.3 is 6.18 Å². The number of rotatable bonds is 6. The van der Waals surface area contributed by atoms with Gasteiger partial charge in [-0.25, -0.2) is 4.39 Å². The van der Waals surface area contributed by atoms with Gasteiger partial charge in [0.05, 0.1) is 7.11 Å². The molecule has 1 aromatic heterocycles. The van der Waals surface area contributed by atoms with Gasteiger partial charge in [-0.2, -0.15) is 17.6 Å². The molecule has 2 aromatic rings. The fourth-order valence-electron chi connectivity index (χ4n) is 3.86. The molecule has 1 aliphatic heterocycles. The Balaban J connectivity index is 2.05. The Bertz CT molecular complexity index is 1080. The number of aromatic nitrogens is 1. The second-order valence-corrected chi connectivity index (χ2v) is 7.46. The molecule has 3 atom stereocenters. The molecule has 0 spiro atoms. The monoisotopic (exact) mass is 473 g/mol. The highest BCUT2D eigenvalue weighted by molar-refractivity contribution is 5.97. The van der Waals surface area contributed by atoms with E-state index < -0.39 is 65.8 Å². The van der Waals surface area contributed by atoms with E-state index >= 15 is 0 Å². The predicted octanol–water partition coefficient (Wildman–Crippen LogP) is 3.69. The standard InChI is InChI=1S/C21H20F5N3O4/c1-3-20(21(24,25)26)9-12(11-4-5-13(22)15(23)16(11)32-2)17(33-20)19(31)29-10-6-7-28-14(8-10)18(27)30/h4-8,12,17H,3,9H2,1-2H3,(H2,27,30)(H,28,29,31)/t12-,17+,20+/m1/s1. The van der Waals surface area contributed by atoms with Gasteiger partial charge in [0.25, 0.3) is 11.8 Å². The first-order valence-corrected chi connectivity index (χ1v) is 9.77. The number of nitrogens with two attached hydrogens (primary N) is 1. The zero-order valence-electron chi connectivity index (χ0n) is 17.5. The minimum Gasteiger partial charge on any atom is -0.493 e. The number of nitrogens with one attached hydrogen (secondary N) is 1. The van der Waals surface area contributed by atoms with E-state index in [4.69, 9.17) is 15.2 Å².